The Kier molecular flexibility index (Phi) is 4.88. The van der Waals surface area contributed by atoms with Crippen LogP contribution < -0.4 is 5.32 Å². The van der Waals surface area contributed by atoms with Gasteiger partial charge in [0, 0.05) is 25.7 Å². The Morgan fingerprint density at radius 2 is 1.90 bits per heavy atom. The third kappa shape index (κ3) is 3.97. The van der Waals surface area contributed by atoms with E-state index in [1.165, 1.54) is 12.8 Å². The van der Waals surface area contributed by atoms with Crippen LogP contribution >= 0.6 is 0 Å². The summed E-state index contributed by atoms with van der Waals surface area (Å²) in [5.74, 6) is 1.10. The van der Waals surface area contributed by atoms with E-state index in [-0.39, 0.29) is 0 Å². The number of hydrogen-bond acceptors (Lipinski definition) is 3. The lowest BCUT2D eigenvalue weighted by molar-refractivity contribution is 0.239. The van der Waals surface area contributed by atoms with E-state index in [4.69, 9.17) is 0 Å². The van der Waals surface area contributed by atoms with Gasteiger partial charge in [0.1, 0.15) is 0 Å². The summed E-state index contributed by atoms with van der Waals surface area (Å²) in [6, 6.07) is 0.296. The fraction of sp³-hybridized carbons (Fsp3) is 1.00. The van der Waals surface area contributed by atoms with E-state index in [2.05, 4.69) is 12.2 Å². The molecule has 1 heterocycles. The summed E-state index contributed by atoms with van der Waals surface area (Å²) in [6.45, 7) is 6.17. The molecule has 0 aromatic rings. The lowest BCUT2D eigenvalue weighted by Crippen LogP contribution is -2.50. The van der Waals surface area contributed by atoms with Crippen LogP contribution in [0.3, 0.4) is 0 Å². The maximum absolute atomic E-state index is 13.0. The molecule has 0 aromatic carbocycles. The zero-order chi connectivity index (χ0) is 14.9. The Morgan fingerprint density at radius 3 is 2.52 bits per heavy atom. The zero-order valence-electron chi connectivity index (χ0n) is 13.1. The van der Waals surface area contributed by atoms with Crippen molar-refractivity contribution in [3.63, 3.8) is 0 Å². The number of nitrogens with zero attached hydrogens (tertiary/aromatic N) is 2. The van der Waals surface area contributed by atoms with E-state index < -0.39 is 10.2 Å². The molecule has 0 bridgehead atoms. The molecule has 5 nitrogen and oxygen atoms in total. The van der Waals surface area contributed by atoms with E-state index in [9.17, 15) is 8.42 Å². The molecular weight excluding hydrogens is 286 g/mol. The van der Waals surface area contributed by atoms with Gasteiger partial charge in [-0.1, -0.05) is 6.92 Å². The summed E-state index contributed by atoms with van der Waals surface area (Å²) in [5.41, 5.74) is 0. The Balaban J connectivity index is 1.64. The van der Waals surface area contributed by atoms with Gasteiger partial charge in [-0.15, -0.1) is 0 Å². The molecule has 1 aliphatic heterocycles. The third-order valence-corrected chi connectivity index (χ3v) is 6.90. The summed E-state index contributed by atoms with van der Waals surface area (Å²) < 4.78 is 29.6. The van der Waals surface area contributed by atoms with Gasteiger partial charge in [0.05, 0.1) is 0 Å². The van der Waals surface area contributed by atoms with E-state index in [0.717, 1.165) is 45.3 Å². The Labute approximate surface area is 129 Å². The van der Waals surface area contributed by atoms with E-state index >= 15 is 0 Å². The number of nitrogens with one attached hydrogen (secondary N) is 1. The molecule has 1 N–H and O–H groups in total. The topological polar surface area (TPSA) is 52.7 Å². The third-order valence-electron chi connectivity index (χ3n) is 4.88. The van der Waals surface area contributed by atoms with Crippen molar-refractivity contribution in [2.75, 3.05) is 32.7 Å². The van der Waals surface area contributed by atoms with Gasteiger partial charge < -0.3 is 5.32 Å². The van der Waals surface area contributed by atoms with Crippen molar-refractivity contribution in [3.8, 4) is 0 Å². The highest BCUT2D eigenvalue weighted by molar-refractivity contribution is 7.86. The van der Waals surface area contributed by atoms with Crippen molar-refractivity contribution in [2.24, 2.45) is 11.8 Å². The Hall–Kier alpha value is -0.170. The number of hydrogen-bond donors (Lipinski definition) is 1. The molecular formula is C15H29N3O2S. The molecule has 6 heteroatoms. The van der Waals surface area contributed by atoms with Crippen LogP contribution in [-0.4, -0.2) is 55.8 Å². The fourth-order valence-electron chi connectivity index (χ4n) is 3.25. The first-order valence-electron chi connectivity index (χ1n) is 8.59. The van der Waals surface area contributed by atoms with Gasteiger partial charge in [-0.3, -0.25) is 0 Å². The average Bonchev–Trinajstić information content (AvgIpc) is 3.36. The van der Waals surface area contributed by atoms with Gasteiger partial charge in [-0.05, 0) is 63.5 Å². The minimum atomic E-state index is -3.24. The maximum Gasteiger partial charge on any atom is 0.282 e. The van der Waals surface area contributed by atoms with E-state index in [1.54, 1.807) is 4.31 Å². The van der Waals surface area contributed by atoms with Crippen LogP contribution in [0.25, 0.3) is 0 Å². The summed E-state index contributed by atoms with van der Waals surface area (Å²) in [5, 5.41) is 3.36. The van der Waals surface area contributed by atoms with Crippen LogP contribution in [0.1, 0.15) is 45.4 Å². The fourth-order valence-corrected chi connectivity index (χ4v) is 5.29. The van der Waals surface area contributed by atoms with Crippen molar-refractivity contribution < 1.29 is 8.42 Å². The number of piperidine rings is 1. The minimum Gasteiger partial charge on any atom is -0.317 e. The highest BCUT2D eigenvalue weighted by Gasteiger charge is 2.43. The van der Waals surface area contributed by atoms with E-state index in [0.29, 0.717) is 31.0 Å². The summed E-state index contributed by atoms with van der Waals surface area (Å²) in [7, 11) is -3.24. The molecule has 3 rings (SSSR count). The molecule has 3 fully saturated rings. The summed E-state index contributed by atoms with van der Waals surface area (Å²) in [6.07, 6.45) is 6.67. The van der Waals surface area contributed by atoms with Crippen molar-refractivity contribution in [1.82, 2.24) is 13.9 Å². The molecule has 2 aliphatic carbocycles. The molecule has 1 unspecified atom stereocenters. The molecule has 0 aromatic heterocycles. The maximum atomic E-state index is 13.0. The highest BCUT2D eigenvalue weighted by Crippen LogP contribution is 2.37. The molecule has 0 amide bonds. The Morgan fingerprint density at radius 1 is 1.14 bits per heavy atom. The van der Waals surface area contributed by atoms with Gasteiger partial charge >= 0.3 is 0 Å². The molecule has 3 aliphatic rings. The van der Waals surface area contributed by atoms with Gasteiger partial charge in [-0.2, -0.15) is 17.0 Å². The van der Waals surface area contributed by atoms with Crippen LogP contribution in [0.2, 0.25) is 0 Å². The minimum absolute atomic E-state index is 0.296. The zero-order valence-corrected chi connectivity index (χ0v) is 13.9. The summed E-state index contributed by atoms with van der Waals surface area (Å²) in [4.78, 5) is 0. The monoisotopic (exact) mass is 315 g/mol. The SMILES string of the molecule is CCNCC1CCCN(S(=O)(=O)N(CC2CC2)C2CC2)C1. The van der Waals surface area contributed by atoms with Crippen molar-refractivity contribution >= 4 is 10.2 Å². The van der Waals surface area contributed by atoms with Crippen molar-refractivity contribution in [1.29, 1.82) is 0 Å². The molecule has 0 spiro atoms. The molecule has 122 valence electrons. The Bertz CT molecular complexity index is 446. The highest BCUT2D eigenvalue weighted by atomic mass is 32.2. The molecule has 1 atom stereocenters. The van der Waals surface area contributed by atoms with Crippen molar-refractivity contribution in [2.45, 2.75) is 51.5 Å². The molecule has 21 heavy (non-hydrogen) atoms. The van der Waals surface area contributed by atoms with Gasteiger partial charge in [0.2, 0.25) is 0 Å². The summed E-state index contributed by atoms with van der Waals surface area (Å²) >= 11 is 0. The van der Waals surface area contributed by atoms with Crippen LogP contribution in [0, 0.1) is 11.8 Å². The first kappa shape index (κ1) is 15.7. The lowest BCUT2D eigenvalue weighted by Gasteiger charge is -2.35. The first-order chi connectivity index (χ1) is 10.1. The largest absolute Gasteiger partial charge is 0.317 e. The lowest BCUT2D eigenvalue weighted by atomic mass is 10.00. The van der Waals surface area contributed by atoms with Crippen LogP contribution in [0.4, 0.5) is 0 Å². The van der Waals surface area contributed by atoms with Gasteiger partial charge in [-0.25, -0.2) is 0 Å². The molecule has 0 radical (unpaired) electrons. The standard InChI is InChI=1S/C15H29N3O2S/c1-2-16-10-14-4-3-9-17(11-14)21(19,20)18(15-7-8-15)12-13-5-6-13/h13-16H,2-12H2,1H3. The second-order valence-corrected chi connectivity index (χ2v) is 8.81. The van der Waals surface area contributed by atoms with Crippen LogP contribution in [0.15, 0.2) is 0 Å². The van der Waals surface area contributed by atoms with Gasteiger partial charge in [0.25, 0.3) is 10.2 Å². The number of rotatable bonds is 8. The predicted octanol–water partition coefficient (Wildman–Crippen LogP) is 1.43. The average molecular weight is 315 g/mol. The first-order valence-corrected chi connectivity index (χ1v) is 9.98. The smallest absolute Gasteiger partial charge is 0.282 e. The quantitative estimate of drug-likeness (QED) is 0.737. The second-order valence-electron chi connectivity index (χ2n) is 6.93. The van der Waals surface area contributed by atoms with Crippen LogP contribution in [0.5, 0.6) is 0 Å². The second kappa shape index (κ2) is 6.52. The molecule has 1 saturated heterocycles. The van der Waals surface area contributed by atoms with E-state index in [1.807, 2.05) is 4.31 Å². The van der Waals surface area contributed by atoms with Gasteiger partial charge in [0.15, 0.2) is 0 Å². The van der Waals surface area contributed by atoms with Crippen LogP contribution in [-0.2, 0) is 10.2 Å². The predicted molar refractivity (Wildman–Crippen MR) is 84.2 cm³/mol. The molecule has 2 saturated carbocycles. The van der Waals surface area contributed by atoms with Crippen molar-refractivity contribution in [3.05, 3.63) is 0 Å². The normalized spacial score (nSPS) is 28.2.